The fourth-order valence-corrected chi connectivity index (χ4v) is 2.51. The predicted octanol–water partition coefficient (Wildman–Crippen LogP) is 3.45. The van der Waals surface area contributed by atoms with Crippen molar-refractivity contribution in [3.8, 4) is 23.0 Å². The second-order valence-electron chi connectivity index (χ2n) is 5.66. The van der Waals surface area contributed by atoms with Crippen LogP contribution in [0.4, 0.5) is 0 Å². The molecule has 0 fully saturated rings. The van der Waals surface area contributed by atoms with Crippen LogP contribution in [0.5, 0.6) is 23.0 Å². The van der Waals surface area contributed by atoms with Crippen molar-refractivity contribution in [2.45, 2.75) is 6.92 Å². The molecule has 0 unspecified atom stereocenters. The highest BCUT2D eigenvalue weighted by molar-refractivity contribution is 5.81. The summed E-state index contributed by atoms with van der Waals surface area (Å²) >= 11 is 0. The summed E-state index contributed by atoms with van der Waals surface area (Å²) in [6, 6.07) is 11.4. The van der Waals surface area contributed by atoms with Gasteiger partial charge in [0.2, 0.25) is 11.2 Å². The Kier molecular flexibility index (Phi) is 5.42. The van der Waals surface area contributed by atoms with Gasteiger partial charge in [-0.05, 0) is 31.2 Å². The summed E-state index contributed by atoms with van der Waals surface area (Å²) in [5, 5.41) is 0.310. The van der Waals surface area contributed by atoms with Gasteiger partial charge in [0.15, 0.2) is 0 Å². The Morgan fingerprint density at radius 1 is 1.04 bits per heavy atom. The number of benzene rings is 2. The lowest BCUT2D eigenvalue weighted by molar-refractivity contribution is -0.138. The molecule has 0 radical (unpaired) electrons. The number of hydrogen-bond donors (Lipinski definition) is 0. The second kappa shape index (κ2) is 7.92. The number of ether oxygens (including phenoxy) is 4. The summed E-state index contributed by atoms with van der Waals surface area (Å²) in [5.74, 6) is 1.16. The highest BCUT2D eigenvalue weighted by Gasteiger charge is 2.15. The number of hydrogen-bond acceptors (Lipinski definition) is 7. The van der Waals surface area contributed by atoms with Crippen LogP contribution in [0.1, 0.15) is 5.76 Å². The van der Waals surface area contributed by atoms with E-state index in [0.29, 0.717) is 28.2 Å². The van der Waals surface area contributed by atoms with Crippen LogP contribution in [0.2, 0.25) is 0 Å². The fraction of sp³-hybridized carbons (Fsp3) is 0.200. The van der Waals surface area contributed by atoms with Crippen molar-refractivity contribution in [1.82, 2.24) is 0 Å². The highest BCUT2D eigenvalue weighted by Crippen LogP contribution is 2.28. The third-order valence-corrected chi connectivity index (χ3v) is 3.74. The van der Waals surface area contributed by atoms with Crippen molar-refractivity contribution in [3.63, 3.8) is 0 Å². The second-order valence-corrected chi connectivity index (χ2v) is 5.66. The number of methoxy groups -OCH3 is 2. The molecule has 7 nitrogen and oxygen atoms in total. The van der Waals surface area contributed by atoms with E-state index in [1.807, 2.05) is 0 Å². The lowest BCUT2D eigenvalue weighted by Gasteiger charge is -2.10. The molecular weight excluding hydrogens is 352 g/mol. The van der Waals surface area contributed by atoms with Crippen LogP contribution in [0, 0.1) is 6.92 Å². The molecule has 1 aromatic heterocycles. The third-order valence-electron chi connectivity index (χ3n) is 3.74. The topological polar surface area (TPSA) is 84.2 Å². The fourth-order valence-electron chi connectivity index (χ4n) is 2.51. The average Bonchev–Trinajstić information content (AvgIpc) is 2.65. The molecule has 0 atom stereocenters. The number of carbonyl (C=O) groups excluding carboxylic acids is 1. The largest absolute Gasteiger partial charge is 0.497 e. The summed E-state index contributed by atoms with van der Waals surface area (Å²) in [5.41, 5.74) is -0.0375. The van der Waals surface area contributed by atoms with Gasteiger partial charge in [-0.15, -0.1) is 0 Å². The van der Waals surface area contributed by atoms with E-state index in [1.54, 1.807) is 38.3 Å². The van der Waals surface area contributed by atoms with Crippen LogP contribution in [-0.4, -0.2) is 26.8 Å². The molecule has 0 bridgehead atoms. The van der Waals surface area contributed by atoms with E-state index < -0.39 is 5.97 Å². The number of esters is 1. The monoisotopic (exact) mass is 370 g/mol. The van der Waals surface area contributed by atoms with Crippen LogP contribution in [0.3, 0.4) is 0 Å². The van der Waals surface area contributed by atoms with Crippen molar-refractivity contribution in [1.29, 1.82) is 0 Å². The number of aryl methyl sites for hydroxylation is 1. The van der Waals surface area contributed by atoms with E-state index in [4.69, 9.17) is 23.4 Å². The van der Waals surface area contributed by atoms with Gasteiger partial charge in [0.25, 0.3) is 0 Å². The molecule has 3 aromatic rings. The molecule has 0 aliphatic heterocycles. The van der Waals surface area contributed by atoms with E-state index in [0.717, 1.165) is 0 Å². The maximum atomic E-state index is 12.8. The minimum Gasteiger partial charge on any atom is -0.497 e. The highest BCUT2D eigenvalue weighted by atomic mass is 16.6. The first-order valence-electron chi connectivity index (χ1n) is 8.11. The molecule has 2 aromatic carbocycles. The first kappa shape index (κ1) is 18.5. The molecule has 0 spiro atoms. The Morgan fingerprint density at radius 2 is 1.81 bits per heavy atom. The number of carbonyl (C=O) groups is 1. The summed E-state index contributed by atoms with van der Waals surface area (Å²) < 4.78 is 26.4. The molecular formula is C20H18O7. The third kappa shape index (κ3) is 4.09. The quantitative estimate of drug-likeness (QED) is 0.485. The minimum absolute atomic E-state index is 0.0832. The van der Waals surface area contributed by atoms with Crippen LogP contribution in [0.25, 0.3) is 11.0 Å². The van der Waals surface area contributed by atoms with Gasteiger partial charge < -0.3 is 23.4 Å². The summed E-state index contributed by atoms with van der Waals surface area (Å²) in [6.45, 7) is 1.45. The first-order valence-corrected chi connectivity index (χ1v) is 8.11. The van der Waals surface area contributed by atoms with Crippen LogP contribution in [-0.2, 0) is 9.53 Å². The van der Waals surface area contributed by atoms with Gasteiger partial charge in [0, 0.05) is 19.2 Å². The van der Waals surface area contributed by atoms with Crippen molar-refractivity contribution in [2.75, 3.05) is 20.8 Å². The van der Waals surface area contributed by atoms with Crippen molar-refractivity contribution in [2.24, 2.45) is 0 Å². The Balaban J connectivity index is 1.96. The predicted molar refractivity (Wildman–Crippen MR) is 97.8 cm³/mol. The zero-order valence-corrected chi connectivity index (χ0v) is 15.1. The van der Waals surface area contributed by atoms with Crippen molar-refractivity contribution >= 4 is 16.9 Å². The molecule has 0 saturated heterocycles. The Bertz CT molecular complexity index is 1040. The summed E-state index contributed by atoms with van der Waals surface area (Å²) in [4.78, 5) is 24.3. The molecule has 0 N–H and O–H groups in total. The smallest absolute Gasteiger partial charge is 0.337 e. The van der Waals surface area contributed by atoms with Crippen molar-refractivity contribution in [3.05, 3.63) is 58.4 Å². The maximum absolute atomic E-state index is 12.8. The van der Waals surface area contributed by atoms with Gasteiger partial charge in [0.1, 0.15) is 35.2 Å². The van der Waals surface area contributed by atoms with E-state index in [-0.39, 0.29) is 23.5 Å². The van der Waals surface area contributed by atoms with Gasteiger partial charge >= 0.3 is 5.97 Å². The van der Waals surface area contributed by atoms with Gasteiger partial charge in [-0.25, -0.2) is 4.79 Å². The number of rotatable bonds is 6. The van der Waals surface area contributed by atoms with E-state index in [1.165, 1.54) is 25.3 Å². The van der Waals surface area contributed by atoms with E-state index in [9.17, 15) is 9.59 Å². The Morgan fingerprint density at radius 3 is 2.56 bits per heavy atom. The van der Waals surface area contributed by atoms with Crippen molar-refractivity contribution < 1.29 is 28.2 Å². The molecule has 0 amide bonds. The standard InChI is InChI=1S/C20H18O7/c1-12-20(27-14-6-4-5-13(9-14)24-3)19(22)16-8-7-15(10-17(16)25-12)26-18(21)11-23-2/h4-10H,11H2,1-3H3. The zero-order chi connectivity index (χ0) is 19.4. The van der Waals surface area contributed by atoms with Crippen LogP contribution >= 0.6 is 0 Å². The molecule has 140 valence electrons. The minimum atomic E-state index is -0.547. The molecule has 0 saturated carbocycles. The lowest BCUT2D eigenvalue weighted by Crippen LogP contribution is -2.14. The lowest BCUT2D eigenvalue weighted by atomic mass is 10.2. The SMILES string of the molecule is COCC(=O)Oc1ccc2c(=O)c(Oc3cccc(OC)c3)c(C)oc2c1. The first-order chi connectivity index (χ1) is 13.0. The summed E-state index contributed by atoms with van der Waals surface area (Å²) in [6.07, 6.45) is 0. The van der Waals surface area contributed by atoms with Gasteiger partial charge in [0.05, 0.1) is 12.5 Å². The molecule has 7 heteroatoms. The average molecular weight is 370 g/mol. The summed E-state index contributed by atoms with van der Waals surface area (Å²) in [7, 11) is 2.94. The molecule has 1 heterocycles. The normalized spacial score (nSPS) is 10.6. The van der Waals surface area contributed by atoms with Gasteiger partial charge in [-0.3, -0.25) is 4.79 Å². The van der Waals surface area contributed by atoms with Gasteiger partial charge in [-0.2, -0.15) is 0 Å². The molecule has 0 aliphatic rings. The molecule has 3 rings (SSSR count). The van der Waals surface area contributed by atoms with E-state index >= 15 is 0 Å². The molecule has 27 heavy (non-hydrogen) atoms. The van der Waals surface area contributed by atoms with Gasteiger partial charge in [-0.1, -0.05) is 6.07 Å². The maximum Gasteiger partial charge on any atom is 0.337 e. The Hall–Kier alpha value is -3.32. The molecule has 0 aliphatic carbocycles. The van der Waals surface area contributed by atoms with Crippen LogP contribution in [0.15, 0.2) is 51.7 Å². The van der Waals surface area contributed by atoms with E-state index in [2.05, 4.69) is 0 Å². The number of fused-ring (bicyclic) bond motifs is 1. The van der Waals surface area contributed by atoms with Crippen LogP contribution < -0.4 is 19.6 Å². The zero-order valence-electron chi connectivity index (χ0n) is 15.1. The Labute approximate surface area is 155 Å².